The number of hydrogen-bond donors (Lipinski definition) is 1. The summed E-state index contributed by atoms with van der Waals surface area (Å²) in [6.45, 7) is 6.03. The molecule has 0 unspecified atom stereocenters. The fourth-order valence-electron chi connectivity index (χ4n) is 0.455. The van der Waals surface area contributed by atoms with E-state index < -0.39 is 0 Å². The van der Waals surface area contributed by atoms with Gasteiger partial charge in [0, 0.05) is 10.5 Å². The van der Waals surface area contributed by atoms with Gasteiger partial charge in [0.15, 0.2) is 0 Å². The van der Waals surface area contributed by atoms with Gasteiger partial charge in [-0.25, -0.2) is 0 Å². The lowest BCUT2D eigenvalue weighted by molar-refractivity contribution is 0.902. The Morgan fingerprint density at radius 3 is 1.88 bits per heavy atom. The van der Waals surface area contributed by atoms with Gasteiger partial charge in [-0.1, -0.05) is 21.5 Å². The average molecular weight is 178 g/mol. The highest BCUT2D eigenvalue weighted by molar-refractivity contribution is 9.11. The van der Waals surface area contributed by atoms with Crippen molar-refractivity contribution in [3.05, 3.63) is 10.1 Å². The second-order valence-electron chi connectivity index (χ2n) is 2.14. The third kappa shape index (κ3) is 2.48. The van der Waals surface area contributed by atoms with Crippen molar-refractivity contribution in [2.24, 2.45) is 5.73 Å². The minimum Gasteiger partial charge on any atom is -0.324 e. The quantitative estimate of drug-likeness (QED) is 0.653. The number of allylic oxidation sites excluding steroid dienone is 1. The number of rotatable bonds is 1. The van der Waals surface area contributed by atoms with Crippen LogP contribution in [-0.4, -0.2) is 6.04 Å². The largest absolute Gasteiger partial charge is 0.324 e. The summed E-state index contributed by atoms with van der Waals surface area (Å²) in [5.41, 5.74) is 6.78. The summed E-state index contributed by atoms with van der Waals surface area (Å²) in [6, 6.07) is 0.139. The zero-order valence-corrected chi connectivity index (χ0v) is 7.12. The molecule has 0 spiro atoms. The topological polar surface area (TPSA) is 26.0 Å². The Labute approximate surface area is 59.1 Å². The molecule has 0 aromatic heterocycles. The second-order valence-corrected chi connectivity index (χ2v) is 2.99. The first-order valence-electron chi connectivity index (χ1n) is 2.64. The van der Waals surface area contributed by atoms with Crippen LogP contribution in [0.2, 0.25) is 0 Å². The number of hydrogen-bond acceptors (Lipinski definition) is 1. The molecule has 0 fully saturated rings. The molecule has 1 nitrogen and oxygen atoms in total. The number of nitrogens with two attached hydrogens (primary N) is 1. The molecule has 0 aromatic rings. The normalized spacial score (nSPS) is 13.1. The van der Waals surface area contributed by atoms with E-state index in [2.05, 4.69) is 15.9 Å². The Bertz CT molecular complexity index is 101. The standard InChI is InChI=1S/C6H12BrN/c1-4(2)6(7)5(3)8/h5H,8H2,1-3H3/t5-/m0/s1. The molecular weight excluding hydrogens is 166 g/mol. The van der Waals surface area contributed by atoms with Crippen LogP contribution in [0.4, 0.5) is 0 Å². The Morgan fingerprint density at radius 2 is 1.88 bits per heavy atom. The van der Waals surface area contributed by atoms with Gasteiger partial charge in [0.25, 0.3) is 0 Å². The molecule has 8 heavy (non-hydrogen) atoms. The molecule has 0 bridgehead atoms. The molecule has 0 aliphatic heterocycles. The zero-order valence-electron chi connectivity index (χ0n) is 5.53. The van der Waals surface area contributed by atoms with E-state index >= 15 is 0 Å². The van der Waals surface area contributed by atoms with E-state index in [1.165, 1.54) is 5.57 Å². The monoisotopic (exact) mass is 177 g/mol. The summed E-state index contributed by atoms with van der Waals surface area (Å²) in [6.07, 6.45) is 0. The third-order valence-corrected chi connectivity index (χ3v) is 2.39. The molecule has 0 radical (unpaired) electrons. The molecule has 0 aromatic carbocycles. The summed E-state index contributed by atoms with van der Waals surface area (Å²) in [5, 5.41) is 0. The summed E-state index contributed by atoms with van der Waals surface area (Å²) in [4.78, 5) is 0. The van der Waals surface area contributed by atoms with Crippen molar-refractivity contribution in [1.82, 2.24) is 0 Å². The average Bonchev–Trinajstić information content (AvgIpc) is 1.64. The van der Waals surface area contributed by atoms with Crippen molar-refractivity contribution in [2.75, 3.05) is 0 Å². The van der Waals surface area contributed by atoms with Crippen molar-refractivity contribution < 1.29 is 0 Å². The first kappa shape index (κ1) is 8.18. The molecule has 0 heterocycles. The third-order valence-electron chi connectivity index (χ3n) is 0.877. The Hall–Kier alpha value is 0.180. The van der Waals surface area contributed by atoms with Gasteiger partial charge in [0.2, 0.25) is 0 Å². The van der Waals surface area contributed by atoms with E-state index in [0.717, 1.165) is 4.48 Å². The SMILES string of the molecule is CC(C)=C(Br)[C@H](C)N. The first-order valence-corrected chi connectivity index (χ1v) is 3.43. The molecule has 2 heteroatoms. The molecule has 0 aliphatic carbocycles. The van der Waals surface area contributed by atoms with Gasteiger partial charge in [-0.3, -0.25) is 0 Å². The van der Waals surface area contributed by atoms with E-state index in [1.807, 2.05) is 20.8 Å². The van der Waals surface area contributed by atoms with Gasteiger partial charge in [0.1, 0.15) is 0 Å². The van der Waals surface area contributed by atoms with Gasteiger partial charge >= 0.3 is 0 Å². The minimum absolute atomic E-state index is 0.139. The maximum Gasteiger partial charge on any atom is 0.0331 e. The molecule has 1 atom stereocenters. The lowest BCUT2D eigenvalue weighted by Gasteiger charge is -2.03. The number of halogens is 1. The van der Waals surface area contributed by atoms with Gasteiger partial charge in [-0.15, -0.1) is 0 Å². The van der Waals surface area contributed by atoms with Gasteiger partial charge in [-0.2, -0.15) is 0 Å². The fraction of sp³-hybridized carbons (Fsp3) is 0.667. The van der Waals surface area contributed by atoms with Crippen LogP contribution in [0, 0.1) is 0 Å². The van der Waals surface area contributed by atoms with Crippen LogP contribution in [0.3, 0.4) is 0 Å². The highest BCUT2D eigenvalue weighted by Gasteiger charge is 1.98. The van der Waals surface area contributed by atoms with Crippen LogP contribution in [0.25, 0.3) is 0 Å². The minimum atomic E-state index is 0.139. The molecule has 2 N–H and O–H groups in total. The van der Waals surface area contributed by atoms with Gasteiger partial charge < -0.3 is 5.73 Å². The van der Waals surface area contributed by atoms with Crippen molar-refractivity contribution in [3.8, 4) is 0 Å². The van der Waals surface area contributed by atoms with Crippen molar-refractivity contribution in [1.29, 1.82) is 0 Å². The van der Waals surface area contributed by atoms with Crippen LogP contribution in [0.5, 0.6) is 0 Å². The maximum atomic E-state index is 5.53. The van der Waals surface area contributed by atoms with Crippen LogP contribution in [0.15, 0.2) is 10.1 Å². The summed E-state index contributed by atoms with van der Waals surface area (Å²) < 4.78 is 1.11. The van der Waals surface area contributed by atoms with Crippen LogP contribution >= 0.6 is 15.9 Å². The van der Waals surface area contributed by atoms with Crippen LogP contribution < -0.4 is 5.73 Å². The van der Waals surface area contributed by atoms with Crippen molar-refractivity contribution in [3.63, 3.8) is 0 Å². The molecule has 48 valence electrons. The predicted octanol–water partition coefficient (Wildman–Crippen LogP) is 2.02. The Balaban J connectivity index is 4.00. The smallest absolute Gasteiger partial charge is 0.0331 e. The van der Waals surface area contributed by atoms with Crippen LogP contribution in [-0.2, 0) is 0 Å². The van der Waals surface area contributed by atoms with Crippen molar-refractivity contribution >= 4 is 15.9 Å². The van der Waals surface area contributed by atoms with Gasteiger partial charge in [0.05, 0.1) is 0 Å². The van der Waals surface area contributed by atoms with Crippen molar-refractivity contribution in [2.45, 2.75) is 26.8 Å². The molecule has 0 amide bonds. The van der Waals surface area contributed by atoms with E-state index in [4.69, 9.17) is 5.73 Å². The molecule has 0 rings (SSSR count). The first-order chi connectivity index (χ1) is 3.55. The Morgan fingerprint density at radius 1 is 1.50 bits per heavy atom. The van der Waals surface area contributed by atoms with Gasteiger partial charge in [-0.05, 0) is 20.8 Å². The fourth-order valence-corrected chi connectivity index (χ4v) is 0.455. The molecular formula is C6H12BrN. The lowest BCUT2D eigenvalue weighted by Crippen LogP contribution is -2.15. The highest BCUT2D eigenvalue weighted by atomic mass is 79.9. The van der Waals surface area contributed by atoms with E-state index in [0.29, 0.717) is 0 Å². The second kappa shape index (κ2) is 3.25. The summed E-state index contributed by atoms with van der Waals surface area (Å²) in [5.74, 6) is 0. The zero-order chi connectivity index (χ0) is 6.73. The van der Waals surface area contributed by atoms with E-state index in [1.54, 1.807) is 0 Å². The molecule has 0 saturated carbocycles. The predicted molar refractivity (Wildman–Crippen MR) is 41.0 cm³/mol. The molecule has 0 saturated heterocycles. The summed E-state index contributed by atoms with van der Waals surface area (Å²) in [7, 11) is 0. The van der Waals surface area contributed by atoms with E-state index in [-0.39, 0.29) is 6.04 Å². The highest BCUT2D eigenvalue weighted by Crippen LogP contribution is 2.13. The molecule has 0 aliphatic rings. The lowest BCUT2D eigenvalue weighted by atomic mass is 10.2. The summed E-state index contributed by atoms with van der Waals surface area (Å²) >= 11 is 3.36. The Kier molecular flexibility index (Phi) is 3.33. The maximum absolute atomic E-state index is 5.53. The van der Waals surface area contributed by atoms with E-state index in [9.17, 15) is 0 Å². The van der Waals surface area contributed by atoms with Crippen LogP contribution in [0.1, 0.15) is 20.8 Å².